The number of aromatic nitrogens is 1. The van der Waals surface area contributed by atoms with Gasteiger partial charge in [-0.3, -0.25) is 10.1 Å². The lowest BCUT2D eigenvalue weighted by atomic mass is 9.93. The molecular formula is C12H21N3OS. The van der Waals surface area contributed by atoms with E-state index in [-0.39, 0.29) is 17.4 Å². The number of hydrogen-bond acceptors (Lipinski definition) is 4. The fourth-order valence-corrected chi connectivity index (χ4v) is 2.26. The Bertz CT molecular complexity index is 381. The van der Waals surface area contributed by atoms with E-state index in [1.54, 1.807) is 18.4 Å². The number of rotatable bonds is 4. The monoisotopic (exact) mass is 255 g/mol. The van der Waals surface area contributed by atoms with Crippen molar-refractivity contribution in [2.75, 3.05) is 7.05 Å². The van der Waals surface area contributed by atoms with Crippen LogP contribution >= 0.6 is 11.3 Å². The molecule has 2 N–H and O–H groups in total. The Balaban J connectivity index is 2.53. The van der Waals surface area contributed by atoms with Gasteiger partial charge in [0.2, 0.25) is 5.91 Å². The zero-order valence-corrected chi connectivity index (χ0v) is 11.9. The number of carbonyl (C=O) groups excluding carboxylic acids is 1. The van der Waals surface area contributed by atoms with Gasteiger partial charge in [-0.1, -0.05) is 20.8 Å². The average Bonchev–Trinajstić information content (AvgIpc) is 2.72. The molecule has 4 nitrogen and oxygen atoms in total. The smallest absolute Gasteiger partial charge is 0.236 e. The van der Waals surface area contributed by atoms with Gasteiger partial charge in [0.15, 0.2) is 0 Å². The molecule has 17 heavy (non-hydrogen) atoms. The first-order valence-electron chi connectivity index (χ1n) is 5.74. The molecule has 96 valence electrons. The lowest BCUT2D eigenvalue weighted by molar-refractivity contribution is -0.122. The number of amides is 1. The van der Waals surface area contributed by atoms with E-state index in [1.165, 1.54) is 0 Å². The van der Waals surface area contributed by atoms with Crippen LogP contribution in [0, 0.1) is 0 Å². The Kier molecular flexibility index (Phi) is 4.65. The molecule has 1 aromatic rings. The minimum absolute atomic E-state index is 0.00222. The van der Waals surface area contributed by atoms with Crippen molar-refractivity contribution in [3.63, 3.8) is 0 Å². The van der Waals surface area contributed by atoms with E-state index in [0.29, 0.717) is 6.54 Å². The van der Waals surface area contributed by atoms with E-state index >= 15 is 0 Å². The van der Waals surface area contributed by atoms with E-state index < -0.39 is 0 Å². The van der Waals surface area contributed by atoms with Crippen molar-refractivity contribution in [3.05, 3.63) is 16.1 Å². The Morgan fingerprint density at radius 1 is 1.53 bits per heavy atom. The van der Waals surface area contributed by atoms with Gasteiger partial charge in [0.1, 0.15) is 5.01 Å². The van der Waals surface area contributed by atoms with Crippen LogP contribution in [0.2, 0.25) is 0 Å². The molecule has 0 bridgehead atoms. The summed E-state index contributed by atoms with van der Waals surface area (Å²) in [6.45, 7) is 8.91. The summed E-state index contributed by atoms with van der Waals surface area (Å²) >= 11 is 1.63. The molecule has 1 amide bonds. The Labute approximate surface area is 107 Å². The zero-order valence-electron chi connectivity index (χ0n) is 11.1. The molecule has 0 saturated heterocycles. The van der Waals surface area contributed by atoms with Crippen molar-refractivity contribution in [2.24, 2.45) is 0 Å². The van der Waals surface area contributed by atoms with E-state index in [0.717, 1.165) is 10.7 Å². The van der Waals surface area contributed by atoms with Crippen molar-refractivity contribution in [1.29, 1.82) is 0 Å². The summed E-state index contributed by atoms with van der Waals surface area (Å²) in [5, 5.41) is 8.87. The number of likely N-dealkylation sites (N-methyl/N-ethyl adjacent to an activating group) is 1. The molecule has 0 radical (unpaired) electrons. The van der Waals surface area contributed by atoms with Gasteiger partial charge >= 0.3 is 0 Å². The van der Waals surface area contributed by atoms with Crippen molar-refractivity contribution in [1.82, 2.24) is 15.6 Å². The predicted molar refractivity (Wildman–Crippen MR) is 71.2 cm³/mol. The van der Waals surface area contributed by atoms with Gasteiger partial charge in [-0.15, -0.1) is 11.3 Å². The fourth-order valence-electron chi connectivity index (χ4n) is 1.29. The largest absolute Gasteiger partial charge is 0.358 e. The summed E-state index contributed by atoms with van der Waals surface area (Å²) in [6, 6.07) is -0.193. The maximum Gasteiger partial charge on any atom is 0.236 e. The minimum Gasteiger partial charge on any atom is -0.358 e. The highest BCUT2D eigenvalue weighted by Crippen LogP contribution is 2.23. The first-order chi connectivity index (χ1) is 7.84. The molecule has 0 spiro atoms. The van der Waals surface area contributed by atoms with Crippen LogP contribution in [0.4, 0.5) is 0 Å². The molecule has 1 aromatic heterocycles. The molecule has 0 aliphatic rings. The Hall–Kier alpha value is -0.940. The number of nitrogens with zero attached hydrogens (tertiary/aromatic N) is 1. The summed E-state index contributed by atoms with van der Waals surface area (Å²) in [7, 11) is 1.64. The van der Waals surface area contributed by atoms with Crippen LogP contribution in [0.3, 0.4) is 0 Å². The lowest BCUT2D eigenvalue weighted by Crippen LogP contribution is -2.40. The van der Waals surface area contributed by atoms with Crippen LogP contribution in [0.5, 0.6) is 0 Å². The third kappa shape index (κ3) is 4.09. The third-order valence-electron chi connectivity index (χ3n) is 2.52. The summed E-state index contributed by atoms with van der Waals surface area (Å²) in [5.41, 5.74) is 1.19. The van der Waals surface area contributed by atoms with Crippen LogP contribution in [0.1, 0.15) is 38.4 Å². The molecule has 0 fully saturated rings. The summed E-state index contributed by atoms with van der Waals surface area (Å²) in [5.74, 6) is -0.00222. The highest BCUT2D eigenvalue weighted by molar-refractivity contribution is 7.09. The third-order valence-corrected chi connectivity index (χ3v) is 3.37. The number of carbonyl (C=O) groups is 1. The number of nitrogens with one attached hydrogen (secondary N) is 2. The molecule has 5 heteroatoms. The molecule has 0 aliphatic heterocycles. The molecule has 0 aliphatic carbocycles. The fraction of sp³-hybridized carbons (Fsp3) is 0.667. The van der Waals surface area contributed by atoms with Gasteiger partial charge in [-0.2, -0.15) is 0 Å². The van der Waals surface area contributed by atoms with E-state index in [2.05, 4.69) is 41.8 Å². The molecule has 0 saturated carbocycles. The SMILES string of the molecule is CNC(=O)C(C)NCc1nc(C(C)(C)C)cs1. The Morgan fingerprint density at radius 3 is 2.65 bits per heavy atom. The molecule has 1 heterocycles. The van der Waals surface area contributed by atoms with E-state index in [4.69, 9.17) is 0 Å². The first kappa shape index (κ1) is 14.1. The van der Waals surface area contributed by atoms with Gasteiger partial charge < -0.3 is 5.32 Å². The number of thiazole rings is 1. The van der Waals surface area contributed by atoms with Crippen molar-refractivity contribution in [3.8, 4) is 0 Å². The van der Waals surface area contributed by atoms with Crippen LogP contribution in [0.15, 0.2) is 5.38 Å². The first-order valence-corrected chi connectivity index (χ1v) is 6.62. The summed E-state index contributed by atoms with van der Waals surface area (Å²) in [6.07, 6.45) is 0. The van der Waals surface area contributed by atoms with Crippen LogP contribution < -0.4 is 10.6 Å². The van der Waals surface area contributed by atoms with Crippen LogP contribution in [-0.4, -0.2) is 24.0 Å². The highest BCUT2D eigenvalue weighted by atomic mass is 32.1. The Morgan fingerprint density at radius 2 is 2.18 bits per heavy atom. The van der Waals surface area contributed by atoms with E-state index in [1.807, 2.05) is 6.92 Å². The maximum atomic E-state index is 11.3. The minimum atomic E-state index is -0.193. The zero-order chi connectivity index (χ0) is 13.1. The van der Waals surface area contributed by atoms with Crippen molar-refractivity contribution in [2.45, 2.75) is 45.7 Å². The second-order valence-corrected chi connectivity index (χ2v) is 6.04. The molecule has 1 atom stereocenters. The molecule has 0 aromatic carbocycles. The van der Waals surface area contributed by atoms with Crippen molar-refractivity contribution < 1.29 is 4.79 Å². The van der Waals surface area contributed by atoms with Crippen LogP contribution in [-0.2, 0) is 16.8 Å². The summed E-state index contributed by atoms with van der Waals surface area (Å²) in [4.78, 5) is 15.9. The van der Waals surface area contributed by atoms with Gasteiger partial charge in [0.05, 0.1) is 11.7 Å². The average molecular weight is 255 g/mol. The van der Waals surface area contributed by atoms with E-state index in [9.17, 15) is 4.79 Å². The second-order valence-electron chi connectivity index (χ2n) is 5.09. The standard InChI is InChI=1S/C12H21N3OS/c1-8(11(16)13-5)14-6-10-15-9(7-17-10)12(2,3)4/h7-8,14H,6H2,1-5H3,(H,13,16). The van der Waals surface area contributed by atoms with Crippen LogP contribution in [0.25, 0.3) is 0 Å². The van der Waals surface area contributed by atoms with Gasteiger partial charge in [0, 0.05) is 24.4 Å². The molecular weight excluding hydrogens is 234 g/mol. The summed E-state index contributed by atoms with van der Waals surface area (Å²) < 4.78 is 0. The molecule has 1 rings (SSSR count). The lowest BCUT2D eigenvalue weighted by Gasteiger charge is -2.14. The molecule has 1 unspecified atom stereocenters. The van der Waals surface area contributed by atoms with Gasteiger partial charge in [-0.05, 0) is 6.92 Å². The quantitative estimate of drug-likeness (QED) is 0.860. The highest BCUT2D eigenvalue weighted by Gasteiger charge is 2.18. The van der Waals surface area contributed by atoms with Gasteiger partial charge in [0.25, 0.3) is 0 Å². The predicted octanol–water partition coefficient (Wildman–Crippen LogP) is 1.66. The maximum absolute atomic E-state index is 11.3. The normalized spacial score (nSPS) is 13.5. The topological polar surface area (TPSA) is 54.0 Å². The van der Waals surface area contributed by atoms with Crippen molar-refractivity contribution >= 4 is 17.2 Å². The van der Waals surface area contributed by atoms with Gasteiger partial charge in [-0.25, -0.2) is 4.98 Å². The number of hydrogen-bond donors (Lipinski definition) is 2. The second kappa shape index (κ2) is 5.60.